The fourth-order valence-electron chi connectivity index (χ4n) is 2.28. The Kier molecular flexibility index (Phi) is 13.3. The Balaban J connectivity index is 3.37. The molecule has 0 unspecified atom stereocenters. The van der Waals surface area contributed by atoms with Gasteiger partial charge < -0.3 is 0 Å². The molecule has 0 saturated heterocycles. The Bertz CT molecular complexity index is 168. The van der Waals surface area contributed by atoms with Gasteiger partial charge in [-0.3, -0.25) is 0 Å². The molecule has 0 aromatic carbocycles. The molecule has 0 bridgehead atoms. The van der Waals surface area contributed by atoms with Crippen LogP contribution in [0.2, 0.25) is 14.3 Å². The molecule has 0 aromatic heterocycles. The zero-order valence-corrected chi connectivity index (χ0v) is 16.2. The van der Waals surface area contributed by atoms with Gasteiger partial charge in [-0.2, -0.15) is 0 Å². The molecule has 0 amide bonds. The fraction of sp³-hybridized carbons (Fsp3) is 1.00. The Hall–Kier alpha value is 0.759. The average Bonchev–Trinajstić information content (AvgIpc) is 2.33. The molecule has 0 spiro atoms. The molecule has 0 radical (unpaired) electrons. The van der Waals surface area contributed by atoms with Gasteiger partial charge in [0.15, 0.2) is 0 Å². The van der Waals surface area contributed by atoms with Crippen LogP contribution >= 0.6 is 0 Å². The van der Waals surface area contributed by atoms with Crippen LogP contribution in [0.5, 0.6) is 0 Å². The number of hydrogen-bond acceptors (Lipinski definition) is 1. The van der Waals surface area contributed by atoms with Gasteiger partial charge in [0, 0.05) is 0 Å². The van der Waals surface area contributed by atoms with E-state index in [1.807, 2.05) is 0 Å². The van der Waals surface area contributed by atoms with Crippen LogP contribution in [0.4, 0.5) is 0 Å². The second kappa shape index (κ2) is 12.8. The van der Waals surface area contributed by atoms with Crippen LogP contribution in [0.25, 0.3) is 0 Å². The van der Waals surface area contributed by atoms with E-state index >= 15 is 0 Å². The summed E-state index contributed by atoms with van der Waals surface area (Å²) < 4.78 is 7.64. The van der Waals surface area contributed by atoms with Gasteiger partial charge in [-0.05, 0) is 0 Å². The summed E-state index contributed by atoms with van der Waals surface area (Å²) in [6.07, 6.45) is 13.8. The minimum atomic E-state index is -2.06. The molecule has 0 aromatic rings. The van der Waals surface area contributed by atoms with Gasteiger partial charge >= 0.3 is 121 Å². The van der Waals surface area contributed by atoms with E-state index in [1.54, 1.807) is 0 Å². The Morgan fingerprint density at radius 2 is 1.17 bits per heavy atom. The Morgan fingerprint density at radius 3 is 1.78 bits per heavy atom. The van der Waals surface area contributed by atoms with Gasteiger partial charge in [-0.15, -0.1) is 0 Å². The third-order valence-electron chi connectivity index (χ3n) is 3.62. The van der Waals surface area contributed by atoms with Crippen molar-refractivity contribution in [2.75, 3.05) is 6.61 Å². The summed E-state index contributed by atoms with van der Waals surface area (Å²) in [7, 11) is 0. The van der Waals surface area contributed by atoms with Crippen LogP contribution in [0.3, 0.4) is 0 Å². The van der Waals surface area contributed by atoms with Crippen molar-refractivity contribution in [3.05, 3.63) is 0 Å². The first kappa shape index (κ1) is 18.8. The summed E-state index contributed by atoms with van der Waals surface area (Å²) in [5.74, 6) is 0. The minimum absolute atomic E-state index is 1.04. The normalized spacial score (nSPS) is 12.0. The number of hydrogen-bond donors (Lipinski definition) is 0. The van der Waals surface area contributed by atoms with Gasteiger partial charge in [0.2, 0.25) is 0 Å². The van der Waals surface area contributed by atoms with Crippen LogP contribution < -0.4 is 0 Å². The molecule has 0 aliphatic heterocycles. The third-order valence-corrected chi connectivity index (χ3v) is 10.9. The maximum absolute atomic E-state index is 6.21. The van der Waals surface area contributed by atoms with E-state index in [4.69, 9.17) is 3.07 Å². The standard InChI is InChI=1S/C8H17.C6H13O.2CH3.Sn/c1-3-5-7-8-6-4-2;1-2-3-4-5-6-7;;;/h1,3-8H2,2H3;2-6H2,1H3;2*1H3;/q;-1;;;+1. The van der Waals surface area contributed by atoms with E-state index in [-0.39, 0.29) is 0 Å². The van der Waals surface area contributed by atoms with Crippen LogP contribution in [0.15, 0.2) is 0 Å². The van der Waals surface area contributed by atoms with Crippen molar-refractivity contribution in [1.29, 1.82) is 0 Å². The predicted octanol–water partition coefficient (Wildman–Crippen LogP) is 6.15. The number of rotatable bonds is 13. The van der Waals surface area contributed by atoms with Gasteiger partial charge in [-0.25, -0.2) is 0 Å². The molecule has 110 valence electrons. The van der Waals surface area contributed by atoms with Gasteiger partial charge in [0.1, 0.15) is 0 Å². The van der Waals surface area contributed by atoms with Crippen molar-refractivity contribution < 1.29 is 3.07 Å². The van der Waals surface area contributed by atoms with Crippen molar-refractivity contribution in [3.8, 4) is 0 Å². The molecule has 1 nitrogen and oxygen atoms in total. The Labute approximate surface area is 120 Å². The van der Waals surface area contributed by atoms with E-state index in [0.29, 0.717) is 0 Å². The molecule has 0 saturated carbocycles. The molecular formula is C16H36OSn. The summed E-state index contributed by atoms with van der Waals surface area (Å²) in [4.78, 5) is 4.92. The molecule has 0 aliphatic rings. The van der Waals surface area contributed by atoms with Crippen LogP contribution in [0, 0.1) is 0 Å². The average molecular weight is 363 g/mol. The van der Waals surface area contributed by atoms with Crippen molar-refractivity contribution in [2.45, 2.75) is 92.4 Å². The van der Waals surface area contributed by atoms with E-state index in [9.17, 15) is 0 Å². The first-order chi connectivity index (χ1) is 8.62. The first-order valence-electron chi connectivity index (χ1n) is 8.26. The zero-order valence-electron chi connectivity index (χ0n) is 13.4. The SMILES string of the molecule is CCCCCCC[CH2][Sn]([CH3])([CH3])[O]CCCCCC. The number of unbranched alkanes of at least 4 members (excludes halogenated alkanes) is 8. The van der Waals surface area contributed by atoms with E-state index in [0.717, 1.165) is 6.61 Å². The third kappa shape index (κ3) is 13.2. The summed E-state index contributed by atoms with van der Waals surface area (Å²) in [6.45, 7) is 5.59. The molecule has 0 rings (SSSR count). The van der Waals surface area contributed by atoms with Gasteiger partial charge in [0.05, 0.1) is 0 Å². The Morgan fingerprint density at radius 1 is 0.667 bits per heavy atom. The second-order valence-electron chi connectivity index (χ2n) is 6.19. The van der Waals surface area contributed by atoms with Crippen molar-refractivity contribution >= 4 is 18.8 Å². The van der Waals surface area contributed by atoms with E-state index < -0.39 is 18.8 Å². The maximum atomic E-state index is 6.21. The molecule has 2 heteroatoms. The van der Waals surface area contributed by atoms with E-state index in [1.165, 1.54) is 68.6 Å². The topological polar surface area (TPSA) is 9.23 Å². The molecule has 0 fully saturated rings. The van der Waals surface area contributed by atoms with Crippen LogP contribution in [-0.4, -0.2) is 25.4 Å². The predicted molar refractivity (Wildman–Crippen MR) is 85.8 cm³/mol. The summed E-state index contributed by atoms with van der Waals surface area (Å²) >= 11 is -2.06. The van der Waals surface area contributed by atoms with Crippen molar-refractivity contribution in [3.63, 3.8) is 0 Å². The molecule has 0 atom stereocenters. The molecule has 0 heterocycles. The monoisotopic (exact) mass is 364 g/mol. The molecule has 18 heavy (non-hydrogen) atoms. The molecule has 0 aliphatic carbocycles. The van der Waals surface area contributed by atoms with Crippen LogP contribution in [0.1, 0.15) is 78.1 Å². The fourth-order valence-corrected chi connectivity index (χ4v) is 7.83. The van der Waals surface area contributed by atoms with Gasteiger partial charge in [0.25, 0.3) is 0 Å². The molecule has 0 N–H and O–H groups in total. The summed E-state index contributed by atoms with van der Waals surface area (Å²) in [5, 5.41) is 0. The molecular weight excluding hydrogens is 327 g/mol. The van der Waals surface area contributed by atoms with Crippen LogP contribution in [-0.2, 0) is 3.07 Å². The zero-order chi connectivity index (χ0) is 13.7. The first-order valence-corrected chi connectivity index (χ1v) is 17.2. The summed E-state index contributed by atoms with van der Waals surface area (Å²) in [6, 6.07) is 0. The second-order valence-corrected chi connectivity index (χ2v) is 18.5. The van der Waals surface area contributed by atoms with Crippen molar-refractivity contribution in [1.82, 2.24) is 0 Å². The van der Waals surface area contributed by atoms with E-state index in [2.05, 4.69) is 23.7 Å². The summed E-state index contributed by atoms with van der Waals surface area (Å²) in [5.41, 5.74) is 0. The van der Waals surface area contributed by atoms with Gasteiger partial charge in [-0.1, -0.05) is 0 Å². The quantitative estimate of drug-likeness (QED) is 0.282. The van der Waals surface area contributed by atoms with Crippen molar-refractivity contribution in [2.24, 2.45) is 0 Å².